The van der Waals surface area contributed by atoms with Crippen molar-refractivity contribution in [1.29, 1.82) is 0 Å². The minimum absolute atomic E-state index is 0. The Hall–Kier alpha value is -1.53. The van der Waals surface area contributed by atoms with E-state index in [1.54, 1.807) is 30.6 Å². The molecule has 2 heterocycles. The number of anilines is 1. The maximum Gasteiger partial charge on any atom is 0.220 e. The van der Waals surface area contributed by atoms with Crippen molar-refractivity contribution in [1.82, 2.24) is 19.9 Å². The van der Waals surface area contributed by atoms with E-state index in [1.807, 2.05) is 6.92 Å². The zero-order valence-electron chi connectivity index (χ0n) is 11.9. The molecule has 2 aromatic heterocycles. The summed E-state index contributed by atoms with van der Waals surface area (Å²) in [7, 11) is 0. The number of nitrogens with two attached hydrogens (primary N) is 1. The van der Waals surface area contributed by atoms with Crippen LogP contribution in [0, 0.1) is 6.92 Å². The van der Waals surface area contributed by atoms with Crippen LogP contribution in [0.2, 0.25) is 10.0 Å². The van der Waals surface area contributed by atoms with Gasteiger partial charge in [-0.15, -0.1) is 24.8 Å². The normalized spacial score (nSPS) is 9.87. The molecule has 0 aliphatic carbocycles. The third-order valence-electron chi connectivity index (χ3n) is 2.99. The van der Waals surface area contributed by atoms with Crippen LogP contribution in [0.15, 0.2) is 30.6 Å². The van der Waals surface area contributed by atoms with E-state index in [4.69, 9.17) is 28.9 Å². The Morgan fingerprint density at radius 2 is 1.78 bits per heavy atom. The largest absolute Gasteiger partial charge is 0.368 e. The maximum absolute atomic E-state index is 6.27. The van der Waals surface area contributed by atoms with Crippen LogP contribution >= 0.6 is 48.0 Å². The average Bonchev–Trinajstić information content (AvgIpc) is 2.85. The summed E-state index contributed by atoms with van der Waals surface area (Å²) in [5.41, 5.74) is 8.65. The van der Waals surface area contributed by atoms with Gasteiger partial charge in [-0.05, 0) is 25.1 Å². The molecule has 5 nitrogen and oxygen atoms in total. The number of nitrogens with zero attached hydrogens (tertiary/aromatic N) is 3. The number of H-pyrrole nitrogens is 1. The molecule has 0 spiro atoms. The molecule has 23 heavy (non-hydrogen) atoms. The number of halogens is 4. The number of aromatic nitrogens is 4. The molecule has 0 aliphatic heterocycles. The van der Waals surface area contributed by atoms with Crippen LogP contribution in [0.1, 0.15) is 5.82 Å². The molecule has 0 radical (unpaired) electrons. The first-order valence-corrected chi connectivity index (χ1v) is 6.90. The number of nitrogens with one attached hydrogen (secondary N) is 1. The molecular weight excluding hydrogens is 380 g/mol. The van der Waals surface area contributed by atoms with Gasteiger partial charge in [0.1, 0.15) is 5.82 Å². The van der Waals surface area contributed by atoms with Gasteiger partial charge < -0.3 is 10.7 Å². The number of hydrogen-bond donors (Lipinski definition) is 2. The van der Waals surface area contributed by atoms with Gasteiger partial charge in [-0.3, -0.25) is 0 Å². The van der Waals surface area contributed by atoms with E-state index in [0.717, 1.165) is 22.6 Å². The van der Waals surface area contributed by atoms with Gasteiger partial charge >= 0.3 is 0 Å². The number of aryl methyl sites for hydroxylation is 1. The molecule has 0 unspecified atom stereocenters. The molecular formula is C14H13Cl4N5. The predicted octanol–water partition coefficient (Wildman–Crippen LogP) is 4.57. The van der Waals surface area contributed by atoms with Gasteiger partial charge in [0, 0.05) is 22.3 Å². The molecule has 3 N–H and O–H groups in total. The average molecular weight is 393 g/mol. The molecule has 0 fully saturated rings. The first-order chi connectivity index (χ1) is 10.0. The van der Waals surface area contributed by atoms with Crippen LogP contribution < -0.4 is 5.73 Å². The van der Waals surface area contributed by atoms with Crippen LogP contribution in [0.4, 0.5) is 5.95 Å². The summed E-state index contributed by atoms with van der Waals surface area (Å²) >= 11 is 12.2. The smallest absolute Gasteiger partial charge is 0.220 e. The zero-order valence-corrected chi connectivity index (χ0v) is 15.0. The van der Waals surface area contributed by atoms with Crippen molar-refractivity contribution in [2.45, 2.75) is 6.92 Å². The Morgan fingerprint density at radius 1 is 1.04 bits per heavy atom. The lowest BCUT2D eigenvalue weighted by atomic mass is 10.1. The van der Waals surface area contributed by atoms with Crippen LogP contribution in [-0.2, 0) is 0 Å². The first kappa shape index (κ1) is 19.5. The van der Waals surface area contributed by atoms with Crippen LogP contribution in [-0.4, -0.2) is 19.9 Å². The molecule has 0 saturated carbocycles. The van der Waals surface area contributed by atoms with Gasteiger partial charge in [-0.1, -0.05) is 23.2 Å². The van der Waals surface area contributed by atoms with Crippen LogP contribution in [0.3, 0.4) is 0 Å². The van der Waals surface area contributed by atoms with Crippen molar-refractivity contribution in [3.63, 3.8) is 0 Å². The van der Waals surface area contributed by atoms with Crippen LogP contribution in [0.5, 0.6) is 0 Å². The highest BCUT2D eigenvalue weighted by molar-refractivity contribution is 6.36. The first-order valence-electron chi connectivity index (χ1n) is 6.14. The summed E-state index contributed by atoms with van der Waals surface area (Å²) in [5.74, 6) is 0.978. The van der Waals surface area contributed by atoms with Crippen molar-refractivity contribution in [2.24, 2.45) is 0 Å². The standard InChI is InChI=1S/C14H11Cl2N5.2ClH/c1-7-18-6-12(20-7)10-5-19-14(17)21-13(10)9-3-2-8(15)4-11(9)16;;/h2-6H,1H3,(H,18,20)(H2,17,19,21);2*1H. The van der Waals surface area contributed by atoms with Crippen molar-refractivity contribution in [3.05, 3.63) is 46.5 Å². The highest BCUT2D eigenvalue weighted by Gasteiger charge is 2.15. The van der Waals surface area contributed by atoms with Crippen molar-refractivity contribution >= 4 is 54.0 Å². The Kier molecular flexibility index (Phi) is 6.65. The molecule has 0 amide bonds. The highest BCUT2D eigenvalue weighted by atomic mass is 35.5. The van der Waals surface area contributed by atoms with Gasteiger partial charge in [0.2, 0.25) is 5.95 Å². The Bertz CT molecular complexity index is 819. The fourth-order valence-corrected chi connectivity index (χ4v) is 2.54. The van der Waals surface area contributed by atoms with E-state index < -0.39 is 0 Å². The van der Waals surface area contributed by atoms with E-state index in [2.05, 4.69) is 19.9 Å². The van der Waals surface area contributed by atoms with Gasteiger partial charge in [-0.25, -0.2) is 15.0 Å². The summed E-state index contributed by atoms with van der Waals surface area (Å²) in [6.45, 7) is 1.87. The SMILES string of the molecule is Cc1ncc(-c2cnc(N)nc2-c2ccc(Cl)cc2Cl)[nH]1.Cl.Cl. The minimum Gasteiger partial charge on any atom is -0.368 e. The summed E-state index contributed by atoms with van der Waals surface area (Å²) in [6.07, 6.45) is 3.37. The monoisotopic (exact) mass is 391 g/mol. The number of benzene rings is 1. The summed E-state index contributed by atoms with van der Waals surface area (Å²) in [6, 6.07) is 5.22. The van der Waals surface area contributed by atoms with E-state index in [1.165, 1.54) is 0 Å². The molecule has 0 atom stereocenters. The van der Waals surface area contributed by atoms with Crippen molar-refractivity contribution in [3.8, 4) is 22.5 Å². The van der Waals surface area contributed by atoms with Crippen molar-refractivity contribution < 1.29 is 0 Å². The summed E-state index contributed by atoms with van der Waals surface area (Å²) in [4.78, 5) is 15.7. The number of imidazole rings is 1. The van der Waals surface area contributed by atoms with Gasteiger partial charge in [0.05, 0.1) is 22.6 Å². The second-order valence-corrected chi connectivity index (χ2v) is 5.34. The minimum atomic E-state index is 0. The molecule has 3 rings (SSSR count). The Balaban J connectivity index is 0.00000132. The summed E-state index contributed by atoms with van der Waals surface area (Å²) < 4.78 is 0. The van der Waals surface area contributed by atoms with Gasteiger partial charge in [0.15, 0.2) is 0 Å². The second-order valence-electron chi connectivity index (χ2n) is 4.50. The highest BCUT2D eigenvalue weighted by Crippen LogP contribution is 2.35. The molecule has 0 aliphatic rings. The molecule has 1 aromatic carbocycles. The Morgan fingerprint density at radius 3 is 2.39 bits per heavy atom. The number of aromatic amines is 1. The van der Waals surface area contributed by atoms with Gasteiger partial charge in [0.25, 0.3) is 0 Å². The summed E-state index contributed by atoms with van der Waals surface area (Å²) in [5, 5.41) is 1.06. The number of hydrogen-bond acceptors (Lipinski definition) is 4. The molecule has 0 bridgehead atoms. The fraction of sp³-hybridized carbons (Fsp3) is 0.0714. The lowest BCUT2D eigenvalue weighted by Gasteiger charge is -2.09. The predicted molar refractivity (Wildman–Crippen MR) is 98.7 cm³/mol. The van der Waals surface area contributed by atoms with E-state index in [-0.39, 0.29) is 30.8 Å². The fourth-order valence-electron chi connectivity index (χ4n) is 2.04. The van der Waals surface area contributed by atoms with Crippen molar-refractivity contribution in [2.75, 3.05) is 5.73 Å². The quantitative estimate of drug-likeness (QED) is 0.668. The topological polar surface area (TPSA) is 80.5 Å². The molecule has 3 aromatic rings. The molecule has 9 heteroatoms. The Labute approximate surface area is 155 Å². The van der Waals surface area contributed by atoms with E-state index in [0.29, 0.717) is 15.7 Å². The van der Waals surface area contributed by atoms with Gasteiger partial charge in [-0.2, -0.15) is 0 Å². The number of rotatable bonds is 2. The lowest BCUT2D eigenvalue weighted by molar-refractivity contribution is 1.14. The zero-order chi connectivity index (χ0) is 15.0. The lowest BCUT2D eigenvalue weighted by Crippen LogP contribution is -1.99. The third kappa shape index (κ3) is 4.06. The second kappa shape index (κ2) is 7.84. The van der Waals surface area contributed by atoms with E-state index >= 15 is 0 Å². The maximum atomic E-state index is 6.27. The van der Waals surface area contributed by atoms with Crippen LogP contribution in [0.25, 0.3) is 22.5 Å². The molecule has 122 valence electrons. The van der Waals surface area contributed by atoms with E-state index in [9.17, 15) is 0 Å². The third-order valence-corrected chi connectivity index (χ3v) is 3.53. The molecule has 0 saturated heterocycles. The number of nitrogen functional groups attached to an aromatic ring is 1.